The Morgan fingerprint density at radius 2 is 2.05 bits per heavy atom. The van der Waals surface area contributed by atoms with Crippen molar-refractivity contribution >= 4 is 5.69 Å². The van der Waals surface area contributed by atoms with Crippen LogP contribution in [0.3, 0.4) is 0 Å². The lowest BCUT2D eigenvalue weighted by atomic mass is 9.80. The molecule has 1 aliphatic rings. The lowest BCUT2D eigenvalue weighted by Crippen LogP contribution is -2.28. The summed E-state index contributed by atoms with van der Waals surface area (Å²) in [6.45, 7) is 11.2. The molecule has 20 heavy (non-hydrogen) atoms. The zero-order valence-electron chi connectivity index (χ0n) is 12.9. The first kappa shape index (κ1) is 15.1. The van der Waals surface area contributed by atoms with Gasteiger partial charge in [-0.2, -0.15) is 0 Å². The Labute approximate surface area is 121 Å². The predicted molar refractivity (Wildman–Crippen MR) is 83.7 cm³/mol. The van der Waals surface area contributed by atoms with Gasteiger partial charge in [0.25, 0.3) is 5.56 Å². The molecule has 1 fully saturated rings. The van der Waals surface area contributed by atoms with Gasteiger partial charge in [0.05, 0.1) is 0 Å². The number of nitrogens with two attached hydrogens (primary N) is 1. The highest BCUT2D eigenvalue weighted by Gasteiger charge is 2.31. The third-order valence-corrected chi connectivity index (χ3v) is 4.38. The van der Waals surface area contributed by atoms with Crippen molar-refractivity contribution in [2.75, 3.05) is 25.4 Å². The van der Waals surface area contributed by atoms with Gasteiger partial charge in [-0.1, -0.05) is 20.8 Å². The number of rotatable bonds is 4. The van der Waals surface area contributed by atoms with E-state index in [-0.39, 0.29) is 5.56 Å². The first-order valence-corrected chi connectivity index (χ1v) is 7.54. The third-order valence-electron chi connectivity index (χ3n) is 4.38. The van der Waals surface area contributed by atoms with E-state index in [9.17, 15) is 4.79 Å². The topological polar surface area (TPSA) is 51.3 Å². The molecule has 1 atom stereocenters. The van der Waals surface area contributed by atoms with Gasteiger partial charge < -0.3 is 15.2 Å². The van der Waals surface area contributed by atoms with Crippen LogP contribution in [0.25, 0.3) is 0 Å². The van der Waals surface area contributed by atoms with Crippen molar-refractivity contribution < 1.29 is 0 Å². The molecule has 2 heterocycles. The van der Waals surface area contributed by atoms with E-state index in [0.717, 1.165) is 25.4 Å². The molecule has 4 heteroatoms. The Morgan fingerprint density at radius 3 is 2.70 bits per heavy atom. The van der Waals surface area contributed by atoms with Crippen LogP contribution in [-0.2, 0) is 6.54 Å². The second kappa shape index (κ2) is 6.00. The summed E-state index contributed by atoms with van der Waals surface area (Å²) < 4.78 is 1.71. The number of aromatic nitrogens is 1. The molecule has 2 rings (SSSR count). The summed E-state index contributed by atoms with van der Waals surface area (Å²) in [6, 6.07) is 3.20. The van der Waals surface area contributed by atoms with Gasteiger partial charge in [-0.15, -0.1) is 0 Å². The molecule has 0 saturated carbocycles. The van der Waals surface area contributed by atoms with E-state index in [1.165, 1.54) is 19.5 Å². The molecular formula is C16H27N3O. The zero-order chi connectivity index (χ0) is 14.8. The fourth-order valence-corrected chi connectivity index (χ4v) is 2.93. The standard InChI is InChI=1S/C16H27N3O/c1-16(2,3)13-7-10-18(11-13)8-4-9-19-12-14(17)5-6-15(19)20/h5-6,12-13H,4,7-11,17H2,1-3H3. The van der Waals surface area contributed by atoms with Crippen molar-refractivity contribution in [2.45, 2.75) is 40.2 Å². The van der Waals surface area contributed by atoms with Crippen LogP contribution in [0.2, 0.25) is 0 Å². The molecule has 1 aliphatic heterocycles. The van der Waals surface area contributed by atoms with Gasteiger partial charge in [-0.3, -0.25) is 4.79 Å². The second-order valence-corrected chi connectivity index (χ2v) is 7.00. The Bertz CT molecular complexity index is 501. The lowest BCUT2D eigenvalue weighted by Gasteiger charge is -2.27. The van der Waals surface area contributed by atoms with Crippen LogP contribution in [-0.4, -0.2) is 29.1 Å². The largest absolute Gasteiger partial charge is 0.398 e. The van der Waals surface area contributed by atoms with Crippen LogP contribution >= 0.6 is 0 Å². The number of nitrogen functional groups attached to an aromatic ring is 1. The SMILES string of the molecule is CC(C)(C)C1CCN(CCCn2cc(N)ccc2=O)C1. The minimum absolute atomic E-state index is 0.0354. The predicted octanol–water partition coefficient (Wildman–Crippen LogP) is 2.19. The first-order valence-electron chi connectivity index (χ1n) is 7.54. The molecule has 0 aliphatic carbocycles. The van der Waals surface area contributed by atoms with Gasteiger partial charge in [-0.05, 0) is 43.3 Å². The monoisotopic (exact) mass is 277 g/mol. The number of pyridine rings is 1. The van der Waals surface area contributed by atoms with E-state index in [4.69, 9.17) is 5.73 Å². The highest BCUT2D eigenvalue weighted by atomic mass is 16.1. The average Bonchev–Trinajstić information content (AvgIpc) is 2.82. The first-order chi connectivity index (χ1) is 9.36. The van der Waals surface area contributed by atoms with Crippen LogP contribution in [0, 0.1) is 11.3 Å². The molecule has 0 bridgehead atoms. The maximum absolute atomic E-state index is 11.7. The summed E-state index contributed by atoms with van der Waals surface area (Å²) in [7, 11) is 0. The average molecular weight is 277 g/mol. The number of anilines is 1. The Morgan fingerprint density at radius 1 is 1.30 bits per heavy atom. The fourth-order valence-electron chi connectivity index (χ4n) is 2.93. The summed E-state index contributed by atoms with van der Waals surface area (Å²) in [5.41, 5.74) is 6.81. The van der Waals surface area contributed by atoms with Crippen molar-refractivity contribution in [2.24, 2.45) is 11.3 Å². The smallest absolute Gasteiger partial charge is 0.250 e. The van der Waals surface area contributed by atoms with Gasteiger partial charge in [0, 0.05) is 31.0 Å². The van der Waals surface area contributed by atoms with Gasteiger partial charge in [0.1, 0.15) is 0 Å². The molecule has 2 N–H and O–H groups in total. The normalized spacial score (nSPS) is 20.4. The molecule has 0 spiro atoms. The van der Waals surface area contributed by atoms with Crippen molar-refractivity contribution in [3.63, 3.8) is 0 Å². The van der Waals surface area contributed by atoms with Crippen LogP contribution in [0.5, 0.6) is 0 Å². The summed E-state index contributed by atoms with van der Waals surface area (Å²) in [5, 5.41) is 0. The van der Waals surface area contributed by atoms with E-state index in [0.29, 0.717) is 11.1 Å². The van der Waals surface area contributed by atoms with Crippen molar-refractivity contribution in [3.8, 4) is 0 Å². The molecule has 1 aromatic heterocycles. The van der Waals surface area contributed by atoms with Crippen LogP contribution in [0.4, 0.5) is 5.69 Å². The number of hydrogen-bond donors (Lipinski definition) is 1. The molecule has 1 aromatic rings. The number of likely N-dealkylation sites (tertiary alicyclic amines) is 1. The molecule has 112 valence electrons. The van der Waals surface area contributed by atoms with E-state index < -0.39 is 0 Å². The van der Waals surface area contributed by atoms with Gasteiger partial charge in [0.15, 0.2) is 0 Å². The Balaban J connectivity index is 1.80. The fraction of sp³-hybridized carbons (Fsp3) is 0.688. The molecule has 0 aromatic carbocycles. The zero-order valence-corrected chi connectivity index (χ0v) is 12.9. The number of nitrogens with zero attached hydrogens (tertiary/aromatic N) is 2. The van der Waals surface area contributed by atoms with Gasteiger partial charge in [-0.25, -0.2) is 0 Å². The minimum Gasteiger partial charge on any atom is -0.398 e. The van der Waals surface area contributed by atoms with Crippen molar-refractivity contribution in [1.29, 1.82) is 0 Å². The number of aryl methyl sites for hydroxylation is 1. The van der Waals surface area contributed by atoms with Crippen molar-refractivity contribution in [3.05, 3.63) is 28.7 Å². The Kier molecular flexibility index (Phi) is 4.53. The van der Waals surface area contributed by atoms with E-state index >= 15 is 0 Å². The van der Waals surface area contributed by atoms with E-state index in [1.54, 1.807) is 22.9 Å². The summed E-state index contributed by atoms with van der Waals surface area (Å²) in [4.78, 5) is 14.2. The van der Waals surface area contributed by atoms with Gasteiger partial charge >= 0.3 is 0 Å². The summed E-state index contributed by atoms with van der Waals surface area (Å²) in [6.07, 6.45) is 4.03. The van der Waals surface area contributed by atoms with E-state index in [2.05, 4.69) is 25.7 Å². The summed E-state index contributed by atoms with van der Waals surface area (Å²) in [5.74, 6) is 0.789. The summed E-state index contributed by atoms with van der Waals surface area (Å²) >= 11 is 0. The maximum atomic E-state index is 11.7. The molecular weight excluding hydrogens is 250 g/mol. The van der Waals surface area contributed by atoms with Crippen LogP contribution in [0.1, 0.15) is 33.6 Å². The number of hydrogen-bond acceptors (Lipinski definition) is 3. The minimum atomic E-state index is 0.0354. The second-order valence-electron chi connectivity index (χ2n) is 7.00. The van der Waals surface area contributed by atoms with E-state index in [1.807, 2.05) is 0 Å². The molecule has 1 saturated heterocycles. The molecule has 4 nitrogen and oxygen atoms in total. The van der Waals surface area contributed by atoms with Gasteiger partial charge in [0.2, 0.25) is 0 Å². The molecule has 1 unspecified atom stereocenters. The third kappa shape index (κ3) is 3.85. The molecule has 0 radical (unpaired) electrons. The van der Waals surface area contributed by atoms with Crippen LogP contribution < -0.4 is 11.3 Å². The maximum Gasteiger partial charge on any atom is 0.250 e. The Hall–Kier alpha value is -1.29. The highest BCUT2D eigenvalue weighted by molar-refractivity contribution is 5.33. The highest BCUT2D eigenvalue weighted by Crippen LogP contribution is 2.33. The lowest BCUT2D eigenvalue weighted by molar-refractivity contribution is 0.227. The molecule has 0 amide bonds. The van der Waals surface area contributed by atoms with Crippen LogP contribution in [0.15, 0.2) is 23.1 Å². The quantitative estimate of drug-likeness (QED) is 0.918. The van der Waals surface area contributed by atoms with Crippen molar-refractivity contribution in [1.82, 2.24) is 9.47 Å².